The van der Waals surface area contributed by atoms with E-state index >= 15 is 0 Å². The van der Waals surface area contributed by atoms with Crippen molar-refractivity contribution < 1.29 is 8.42 Å². The highest BCUT2D eigenvalue weighted by molar-refractivity contribution is 7.69. The second-order valence-electron chi connectivity index (χ2n) is 2.97. The van der Waals surface area contributed by atoms with E-state index in [-0.39, 0.29) is 0 Å². The lowest BCUT2D eigenvalue weighted by molar-refractivity contribution is 0.392. The molecule has 68 valence electrons. The Hall–Kier alpha value is -0.0900. The van der Waals surface area contributed by atoms with E-state index < -0.39 is 10.9 Å². The van der Waals surface area contributed by atoms with Crippen LogP contribution in [0.2, 0.25) is 0 Å². The first-order valence-electron chi connectivity index (χ1n) is 3.93. The lowest BCUT2D eigenvalue weighted by Gasteiger charge is -2.14. The summed E-state index contributed by atoms with van der Waals surface area (Å²) in [4.78, 5) is 0. The molecular formula is C7H17NO2S. The van der Waals surface area contributed by atoms with E-state index in [0.29, 0.717) is 12.5 Å². The molecule has 0 spiro atoms. The molecule has 11 heavy (non-hydrogen) atoms. The highest BCUT2D eigenvalue weighted by atomic mass is 32.2. The van der Waals surface area contributed by atoms with Gasteiger partial charge in [-0.3, -0.25) is 0 Å². The summed E-state index contributed by atoms with van der Waals surface area (Å²) in [5.74, 6) is 0.470. The molecule has 1 unspecified atom stereocenters. The molecule has 0 radical (unpaired) electrons. The van der Waals surface area contributed by atoms with Crippen LogP contribution in [0.4, 0.5) is 0 Å². The predicted molar refractivity (Wildman–Crippen MR) is 47.0 cm³/mol. The highest BCUT2D eigenvalue weighted by Crippen LogP contribution is 2.05. The first-order chi connectivity index (χ1) is 5.07. The lowest BCUT2D eigenvalue weighted by Crippen LogP contribution is -2.22. The Morgan fingerprint density at radius 1 is 1.45 bits per heavy atom. The molecule has 1 atom stereocenters. The van der Waals surface area contributed by atoms with Crippen LogP contribution in [0.3, 0.4) is 0 Å². The highest BCUT2D eigenvalue weighted by Gasteiger charge is 2.05. The Kier molecular flexibility index (Phi) is 5.50. The molecule has 0 rings (SSSR count). The lowest BCUT2D eigenvalue weighted by atomic mass is 10.1. The molecule has 0 bridgehead atoms. The minimum atomic E-state index is -2.37. The van der Waals surface area contributed by atoms with E-state index in [0.717, 1.165) is 12.8 Å². The van der Waals surface area contributed by atoms with Crippen LogP contribution in [0.1, 0.15) is 26.7 Å². The van der Waals surface area contributed by atoms with Crippen molar-refractivity contribution in [2.24, 2.45) is 5.92 Å². The standard InChI is InChI=1S/C7H17NO2S/c1-4-5-7(2)6-8(3)11(9)10/h7,11H,4-6H2,1-3H3. The second kappa shape index (κ2) is 5.55. The molecule has 0 saturated heterocycles. The van der Waals surface area contributed by atoms with Gasteiger partial charge < -0.3 is 0 Å². The van der Waals surface area contributed by atoms with E-state index in [1.807, 2.05) is 0 Å². The van der Waals surface area contributed by atoms with Gasteiger partial charge in [0.25, 0.3) is 0 Å². The van der Waals surface area contributed by atoms with E-state index in [2.05, 4.69) is 13.8 Å². The first-order valence-corrected chi connectivity index (χ1v) is 5.06. The van der Waals surface area contributed by atoms with Crippen LogP contribution >= 0.6 is 0 Å². The maximum Gasteiger partial charge on any atom is 0.203 e. The van der Waals surface area contributed by atoms with Gasteiger partial charge in [0.2, 0.25) is 10.9 Å². The number of rotatable bonds is 5. The fourth-order valence-electron chi connectivity index (χ4n) is 1.10. The quantitative estimate of drug-likeness (QED) is 0.636. The molecule has 4 heteroatoms. The normalized spacial score (nSPS) is 14.3. The van der Waals surface area contributed by atoms with Crippen molar-refractivity contribution in [2.45, 2.75) is 26.7 Å². The Bertz CT molecular complexity index is 160. The molecule has 0 aliphatic heterocycles. The fraction of sp³-hybridized carbons (Fsp3) is 1.00. The van der Waals surface area contributed by atoms with Crippen LogP contribution in [0.15, 0.2) is 0 Å². The fourth-order valence-corrected chi connectivity index (χ4v) is 1.51. The van der Waals surface area contributed by atoms with Gasteiger partial charge in [0, 0.05) is 13.6 Å². The topological polar surface area (TPSA) is 37.4 Å². The van der Waals surface area contributed by atoms with Crippen molar-refractivity contribution in [1.82, 2.24) is 4.31 Å². The van der Waals surface area contributed by atoms with Crippen molar-refractivity contribution in [3.63, 3.8) is 0 Å². The number of hydrogen-bond acceptors (Lipinski definition) is 2. The summed E-state index contributed by atoms with van der Waals surface area (Å²) in [6, 6.07) is 0. The number of thiol groups is 1. The van der Waals surface area contributed by atoms with Crippen LogP contribution in [0.25, 0.3) is 0 Å². The smallest absolute Gasteiger partial charge is 0.203 e. The second-order valence-corrected chi connectivity index (χ2v) is 4.13. The van der Waals surface area contributed by atoms with E-state index in [1.54, 1.807) is 7.05 Å². The van der Waals surface area contributed by atoms with Gasteiger partial charge in [-0.1, -0.05) is 20.3 Å². The van der Waals surface area contributed by atoms with Gasteiger partial charge in [-0.15, -0.1) is 0 Å². The van der Waals surface area contributed by atoms with Crippen LogP contribution < -0.4 is 0 Å². The van der Waals surface area contributed by atoms with Gasteiger partial charge in [-0.05, 0) is 12.3 Å². The molecule has 0 heterocycles. The molecule has 0 aromatic carbocycles. The Balaban J connectivity index is 3.65. The van der Waals surface area contributed by atoms with Gasteiger partial charge in [0.1, 0.15) is 0 Å². The molecule has 0 saturated carbocycles. The van der Waals surface area contributed by atoms with Crippen molar-refractivity contribution >= 4 is 10.9 Å². The van der Waals surface area contributed by atoms with Crippen LogP contribution in [0.5, 0.6) is 0 Å². The molecule has 0 aliphatic rings. The average molecular weight is 179 g/mol. The van der Waals surface area contributed by atoms with Crippen LogP contribution in [-0.4, -0.2) is 26.3 Å². The SMILES string of the molecule is CCCC(C)CN(C)[SH](=O)=O. The third kappa shape index (κ3) is 5.21. The summed E-state index contributed by atoms with van der Waals surface area (Å²) < 4.78 is 22.2. The molecular weight excluding hydrogens is 162 g/mol. The molecule has 0 aromatic heterocycles. The largest absolute Gasteiger partial charge is 0.215 e. The predicted octanol–water partition coefficient (Wildman–Crippen LogP) is 0.881. The zero-order chi connectivity index (χ0) is 8.85. The van der Waals surface area contributed by atoms with Gasteiger partial charge in [-0.25, -0.2) is 12.7 Å². The average Bonchev–Trinajstić information content (AvgIpc) is 1.87. The molecule has 0 aliphatic carbocycles. The monoisotopic (exact) mass is 179 g/mol. The minimum absolute atomic E-state index is 0.470. The van der Waals surface area contributed by atoms with E-state index in [9.17, 15) is 8.42 Å². The molecule has 3 nitrogen and oxygen atoms in total. The third-order valence-corrected chi connectivity index (χ3v) is 2.36. The summed E-state index contributed by atoms with van der Waals surface area (Å²) in [5, 5.41) is 0. The van der Waals surface area contributed by atoms with Gasteiger partial charge in [0.15, 0.2) is 0 Å². The van der Waals surface area contributed by atoms with Crippen LogP contribution in [0, 0.1) is 5.92 Å². The van der Waals surface area contributed by atoms with E-state index in [1.165, 1.54) is 4.31 Å². The number of hydrogen-bond donors (Lipinski definition) is 1. The summed E-state index contributed by atoms with van der Waals surface area (Å²) in [7, 11) is -0.763. The minimum Gasteiger partial charge on any atom is -0.215 e. The van der Waals surface area contributed by atoms with Gasteiger partial charge in [0.05, 0.1) is 0 Å². The van der Waals surface area contributed by atoms with Crippen molar-refractivity contribution in [2.75, 3.05) is 13.6 Å². The number of nitrogens with zero attached hydrogens (tertiary/aromatic N) is 1. The third-order valence-electron chi connectivity index (χ3n) is 1.64. The zero-order valence-electron chi connectivity index (χ0n) is 7.41. The Morgan fingerprint density at radius 2 is 2.00 bits per heavy atom. The molecule has 0 fully saturated rings. The van der Waals surface area contributed by atoms with Gasteiger partial charge >= 0.3 is 0 Å². The Labute approximate surface area is 70.5 Å². The van der Waals surface area contributed by atoms with Crippen LogP contribution in [-0.2, 0) is 10.9 Å². The summed E-state index contributed by atoms with van der Waals surface area (Å²) >= 11 is 0. The van der Waals surface area contributed by atoms with Crippen molar-refractivity contribution in [1.29, 1.82) is 0 Å². The molecule has 0 N–H and O–H groups in total. The summed E-state index contributed by atoms with van der Waals surface area (Å²) in [6.07, 6.45) is 2.21. The summed E-state index contributed by atoms with van der Waals surface area (Å²) in [6.45, 7) is 4.82. The molecule has 0 aromatic rings. The maximum absolute atomic E-state index is 10.4. The molecule has 0 amide bonds. The van der Waals surface area contributed by atoms with Gasteiger partial charge in [-0.2, -0.15) is 0 Å². The van der Waals surface area contributed by atoms with E-state index in [4.69, 9.17) is 0 Å². The summed E-state index contributed by atoms with van der Waals surface area (Å²) in [5.41, 5.74) is 0. The zero-order valence-corrected chi connectivity index (χ0v) is 8.30. The maximum atomic E-state index is 10.4. The van der Waals surface area contributed by atoms with Crippen molar-refractivity contribution in [3.8, 4) is 0 Å². The first kappa shape index (κ1) is 10.9. The van der Waals surface area contributed by atoms with Crippen molar-refractivity contribution in [3.05, 3.63) is 0 Å². The Morgan fingerprint density at radius 3 is 2.36 bits per heavy atom.